The molecule has 1 amide bonds. The topological polar surface area (TPSA) is 73.0 Å². The summed E-state index contributed by atoms with van der Waals surface area (Å²) in [5.41, 5.74) is 2.62. The van der Waals surface area contributed by atoms with E-state index in [1.165, 1.54) is 0 Å². The molecule has 0 spiro atoms. The van der Waals surface area contributed by atoms with Crippen molar-refractivity contribution in [3.63, 3.8) is 0 Å². The molecule has 6 nitrogen and oxygen atoms in total. The van der Waals surface area contributed by atoms with E-state index in [-0.39, 0.29) is 5.91 Å². The van der Waals surface area contributed by atoms with Crippen molar-refractivity contribution in [3.05, 3.63) is 71.6 Å². The molecule has 3 aromatic rings. The molecule has 112 valence electrons. The van der Waals surface area contributed by atoms with Gasteiger partial charge in [0.1, 0.15) is 5.76 Å². The Kier molecular flexibility index (Phi) is 4.00. The van der Waals surface area contributed by atoms with Gasteiger partial charge in [-0.15, -0.1) is 0 Å². The van der Waals surface area contributed by atoms with Crippen LogP contribution in [0.5, 0.6) is 0 Å². The van der Waals surface area contributed by atoms with Crippen molar-refractivity contribution in [1.29, 1.82) is 0 Å². The van der Waals surface area contributed by atoms with Crippen LogP contribution in [0.2, 0.25) is 0 Å². The average Bonchev–Trinajstić information content (AvgIpc) is 3.17. The Bertz CT molecular complexity index is 745. The van der Waals surface area contributed by atoms with E-state index < -0.39 is 0 Å². The fourth-order valence-corrected chi connectivity index (χ4v) is 2.12. The minimum Gasteiger partial charge on any atom is -0.361 e. The van der Waals surface area contributed by atoms with Crippen LogP contribution in [0.3, 0.4) is 0 Å². The number of hydrogen-bond donors (Lipinski definition) is 1. The summed E-state index contributed by atoms with van der Waals surface area (Å²) in [6.45, 7) is 2.96. The second-order valence-electron chi connectivity index (χ2n) is 5.02. The highest BCUT2D eigenvalue weighted by molar-refractivity contribution is 5.94. The van der Waals surface area contributed by atoms with Gasteiger partial charge in [0.05, 0.1) is 12.5 Å². The van der Waals surface area contributed by atoms with Gasteiger partial charge in [-0.3, -0.25) is 4.79 Å². The Morgan fingerprint density at radius 3 is 2.77 bits per heavy atom. The summed E-state index contributed by atoms with van der Waals surface area (Å²) in [5.74, 6) is 0.603. The normalized spacial score (nSPS) is 10.6. The molecule has 3 rings (SSSR count). The summed E-state index contributed by atoms with van der Waals surface area (Å²) in [6, 6.07) is 7.53. The van der Waals surface area contributed by atoms with Crippen molar-refractivity contribution in [2.75, 3.05) is 0 Å². The number of nitrogens with one attached hydrogen (secondary N) is 1. The molecule has 6 heteroatoms. The van der Waals surface area contributed by atoms with E-state index in [2.05, 4.69) is 15.5 Å². The SMILES string of the molecule is Cc1oncc1CNC(=O)c1ccc(Cn2ccnc2)cc1. The lowest BCUT2D eigenvalue weighted by Gasteiger charge is -2.06. The highest BCUT2D eigenvalue weighted by atomic mass is 16.5. The number of nitrogens with zero attached hydrogens (tertiary/aromatic N) is 3. The second kappa shape index (κ2) is 6.26. The zero-order valence-corrected chi connectivity index (χ0v) is 12.2. The number of rotatable bonds is 5. The predicted molar refractivity (Wildman–Crippen MR) is 80.2 cm³/mol. The standard InChI is InChI=1S/C16H16N4O2/c1-12-15(9-19-22-12)8-18-16(21)14-4-2-13(3-5-14)10-20-7-6-17-11-20/h2-7,9,11H,8,10H2,1H3,(H,18,21). The molecule has 0 saturated carbocycles. The van der Waals surface area contributed by atoms with Gasteiger partial charge in [0, 0.05) is 36.6 Å². The zero-order chi connectivity index (χ0) is 15.4. The smallest absolute Gasteiger partial charge is 0.251 e. The highest BCUT2D eigenvalue weighted by Gasteiger charge is 2.08. The van der Waals surface area contributed by atoms with Crippen molar-refractivity contribution >= 4 is 5.91 Å². The Hall–Kier alpha value is -2.89. The number of aromatic nitrogens is 3. The molecule has 1 N–H and O–H groups in total. The lowest BCUT2D eigenvalue weighted by Crippen LogP contribution is -2.22. The first-order chi connectivity index (χ1) is 10.7. The van der Waals surface area contributed by atoms with Gasteiger partial charge in [-0.2, -0.15) is 0 Å². The van der Waals surface area contributed by atoms with Crippen LogP contribution in [-0.4, -0.2) is 20.6 Å². The summed E-state index contributed by atoms with van der Waals surface area (Å²) in [5, 5.41) is 6.54. The molecule has 2 heterocycles. The fourth-order valence-electron chi connectivity index (χ4n) is 2.12. The summed E-state index contributed by atoms with van der Waals surface area (Å²) in [7, 11) is 0. The van der Waals surface area contributed by atoms with Crippen LogP contribution in [-0.2, 0) is 13.1 Å². The Balaban J connectivity index is 1.60. The van der Waals surface area contributed by atoms with Crippen LogP contribution in [0.4, 0.5) is 0 Å². The first-order valence-electron chi connectivity index (χ1n) is 6.95. The van der Waals surface area contributed by atoms with E-state index in [1.807, 2.05) is 42.0 Å². The maximum absolute atomic E-state index is 12.1. The maximum atomic E-state index is 12.1. The summed E-state index contributed by atoms with van der Waals surface area (Å²) >= 11 is 0. The molecule has 0 aliphatic carbocycles. The third-order valence-corrected chi connectivity index (χ3v) is 3.43. The monoisotopic (exact) mass is 296 g/mol. The van der Waals surface area contributed by atoms with Crippen molar-refractivity contribution in [2.24, 2.45) is 0 Å². The minimum atomic E-state index is -0.116. The molecule has 0 aliphatic rings. The van der Waals surface area contributed by atoms with Crippen LogP contribution in [0.1, 0.15) is 27.2 Å². The van der Waals surface area contributed by atoms with E-state index in [9.17, 15) is 4.79 Å². The van der Waals surface area contributed by atoms with Crippen LogP contribution in [0, 0.1) is 6.92 Å². The van der Waals surface area contributed by atoms with Gasteiger partial charge in [-0.1, -0.05) is 17.3 Å². The Morgan fingerprint density at radius 1 is 1.32 bits per heavy atom. The molecule has 0 aliphatic heterocycles. The summed E-state index contributed by atoms with van der Waals surface area (Å²) in [4.78, 5) is 16.1. The molecule has 1 aromatic carbocycles. The molecule has 0 unspecified atom stereocenters. The molecule has 0 fully saturated rings. The molecule has 2 aromatic heterocycles. The van der Waals surface area contributed by atoms with Crippen LogP contribution in [0.25, 0.3) is 0 Å². The largest absolute Gasteiger partial charge is 0.361 e. The molecule has 0 radical (unpaired) electrons. The van der Waals surface area contributed by atoms with Crippen molar-refractivity contribution in [1.82, 2.24) is 20.0 Å². The van der Waals surface area contributed by atoms with Gasteiger partial charge < -0.3 is 14.4 Å². The molecular weight excluding hydrogens is 280 g/mol. The number of imidazole rings is 1. The highest BCUT2D eigenvalue weighted by Crippen LogP contribution is 2.08. The number of benzene rings is 1. The Morgan fingerprint density at radius 2 is 2.14 bits per heavy atom. The second-order valence-corrected chi connectivity index (χ2v) is 5.02. The molecule has 0 atom stereocenters. The van der Waals surface area contributed by atoms with E-state index >= 15 is 0 Å². The number of hydrogen-bond acceptors (Lipinski definition) is 4. The lowest BCUT2D eigenvalue weighted by atomic mass is 10.1. The number of carbonyl (C=O) groups excluding carboxylic acids is 1. The van der Waals surface area contributed by atoms with Crippen LogP contribution >= 0.6 is 0 Å². The van der Waals surface area contributed by atoms with E-state index in [0.717, 1.165) is 23.4 Å². The van der Waals surface area contributed by atoms with Gasteiger partial charge in [0.15, 0.2) is 0 Å². The first-order valence-corrected chi connectivity index (χ1v) is 6.95. The summed E-state index contributed by atoms with van der Waals surface area (Å²) in [6.07, 6.45) is 7.03. The predicted octanol–water partition coefficient (Wildman–Crippen LogP) is 2.16. The van der Waals surface area contributed by atoms with Gasteiger partial charge in [0.2, 0.25) is 0 Å². The van der Waals surface area contributed by atoms with E-state index in [0.29, 0.717) is 12.1 Å². The van der Waals surface area contributed by atoms with Gasteiger partial charge in [0.25, 0.3) is 5.91 Å². The quantitative estimate of drug-likeness (QED) is 0.783. The van der Waals surface area contributed by atoms with E-state index in [1.54, 1.807) is 18.7 Å². The summed E-state index contributed by atoms with van der Waals surface area (Å²) < 4.78 is 6.94. The molecule has 22 heavy (non-hydrogen) atoms. The van der Waals surface area contributed by atoms with Crippen LogP contribution < -0.4 is 5.32 Å². The van der Waals surface area contributed by atoms with Gasteiger partial charge in [-0.25, -0.2) is 4.98 Å². The third kappa shape index (κ3) is 3.22. The maximum Gasteiger partial charge on any atom is 0.251 e. The fraction of sp³-hybridized carbons (Fsp3) is 0.188. The lowest BCUT2D eigenvalue weighted by molar-refractivity contribution is 0.0951. The molecule has 0 saturated heterocycles. The van der Waals surface area contributed by atoms with Crippen LogP contribution in [0.15, 0.2) is 53.7 Å². The Labute approximate surface area is 127 Å². The number of amides is 1. The third-order valence-electron chi connectivity index (χ3n) is 3.43. The van der Waals surface area contributed by atoms with E-state index in [4.69, 9.17) is 4.52 Å². The average molecular weight is 296 g/mol. The van der Waals surface area contributed by atoms with Crippen molar-refractivity contribution in [2.45, 2.75) is 20.0 Å². The van der Waals surface area contributed by atoms with Crippen molar-refractivity contribution < 1.29 is 9.32 Å². The number of aryl methyl sites for hydroxylation is 1. The first kappa shape index (κ1) is 14.1. The molecule has 0 bridgehead atoms. The van der Waals surface area contributed by atoms with Crippen molar-refractivity contribution in [3.8, 4) is 0 Å². The van der Waals surface area contributed by atoms with Gasteiger partial charge in [-0.05, 0) is 24.6 Å². The molecular formula is C16H16N4O2. The minimum absolute atomic E-state index is 0.116. The van der Waals surface area contributed by atoms with Gasteiger partial charge >= 0.3 is 0 Å². The zero-order valence-electron chi connectivity index (χ0n) is 12.2. The number of carbonyl (C=O) groups is 1.